The van der Waals surface area contributed by atoms with Gasteiger partial charge in [-0.2, -0.15) is 0 Å². The normalized spacial score (nSPS) is 12.3. The molecule has 0 unspecified atom stereocenters. The van der Waals surface area contributed by atoms with Gasteiger partial charge in [-0.1, -0.05) is 117 Å². The van der Waals surface area contributed by atoms with Crippen molar-refractivity contribution >= 4 is 46.4 Å². The average molecular weight is 715 g/mol. The summed E-state index contributed by atoms with van der Waals surface area (Å²) in [5.41, 5.74) is 18.4. The minimum absolute atomic E-state index is 0.0391. The van der Waals surface area contributed by atoms with Crippen molar-refractivity contribution in [3.8, 4) is 50.3 Å². The zero-order valence-corrected chi connectivity index (χ0v) is 31.7. The second-order valence-electron chi connectivity index (χ2n) is 15.3. The van der Waals surface area contributed by atoms with Gasteiger partial charge in [-0.3, -0.25) is 0 Å². The van der Waals surface area contributed by atoms with Crippen LogP contribution in [0.1, 0.15) is 54.7 Å². The number of methoxy groups -OCH3 is 1. The molecular weight excluding hydrogens is 673 g/mol. The number of nitrogens with one attached hydrogen (secondary N) is 2. The fourth-order valence-electron chi connectivity index (χ4n) is 7.64. The van der Waals surface area contributed by atoms with E-state index in [0.29, 0.717) is 0 Å². The van der Waals surface area contributed by atoms with E-state index in [9.17, 15) is 0 Å². The summed E-state index contributed by atoms with van der Waals surface area (Å²) in [7, 11) is 1.69. The average Bonchev–Trinajstić information content (AvgIpc) is 4.04. The standard InChI is InChI=1S/C50H42N4O/c1-31-11-13-33(14-12-31)47-40-27-29-43(53-40)48(34-15-19-36(20-16-34)50(2,3)4)42-25-23-38(51-42)46(32-9-7-6-8-10-32)39-24-26-44(52-39)49(45-30-28-41(47)54-45)35-17-21-37(55-5)22-18-35/h6-30,52-53H,1-5H3. The zero-order valence-electron chi connectivity index (χ0n) is 31.7. The van der Waals surface area contributed by atoms with Gasteiger partial charge in [-0.15, -0.1) is 0 Å². The number of H-pyrrole nitrogens is 2. The number of aromatic nitrogens is 4. The smallest absolute Gasteiger partial charge is 0.118 e. The highest BCUT2D eigenvalue weighted by atomic mass is 16.5. The molecule has 2 N–H and O–H groups in total. The fourth-order valence-corrected chi connectivity index (χ4v) is 7.64. The fraction of sp³-hybridized carbons (Fsp3) is 0.120. The summed E-state index contributed by atoms with van der Waals surface area (Å²) in [5.74, 6) is 0.803. The van der Waals surface area contributed by atoms with Gasteiger partial charge in [-0.25, -0.2) is 9.97 Å². The summed E-state index contributed by atoms with van der Waals surface area (Å²) in [5, 5.41) is 0. The predicted molar refractivity (Wildman–Crippen MR) is 231 cm³/mol. The Hall–Kier alpha value is -6.72. The summed E-state index contributed by atoms with van der Waals surface area (Å²) in [6.07, 6.45) is 8.56. The molecule has 5 heterocycles. The van der Waals surface area contributed by atoms with Gasteiger partial charge in [0.1, 0.15) is 5.75 Å². The van der Waals surface area contributed by atoms with Gasteiger partial charge in [0, 0.05) is 44.3 Å². The third kappa shape index (κ3) is 6.38. The van der Waals surface area contributed by atoms with E-state index in [0.717, 1.165) is 95.1 Å². The second-order valence-corrected chi connectivity index (χ2v) is 15.3. The summed E-state index contributed by atoms with van der Waals surface area (Å²) < 4.78 is 5.54. The van der Waals surface area contributed by atoms with Crippen LogP contribution in [0.3, 0.4) is 0 Å². The Morgan fingerprint density at radius 3 is 1.18 bits per heavy atom. The SMILES string of the molecule is COc1ccc(-c2c3nc(c(-c4ccc(C)cc4)c4ccc([nH]4)c(-c4ccc(C(C)(C)C)cc4)c4nc(c(-c5ccccc5)c5ccc2[nH]5)C=C4)C=C3)cc1. The molecule has 55 heavy (non-hydrogen) atoms. The molecule has 0 saturated heterocycles. The molecule has 268 valence electrons. The van der Waals surface area contributed by atoms with Gasteiger partial charge in [0.15, 0.2) is 0 Å². The van der Waals surface area contributed by atoms with Crippen molar-refractivity contribution in [2.45, 2.75) is 33.1 Å². The van der Waals surface area contributed by atoms with Crippen molar-refractivity contribution in [3.63, 3.8) is 0 Å². The molecule has 7 aromatic rings. The number of rotatable bonds is 5. The Kier molecular flexibility index (Phi) is 8.43. The molecule has 4 aromatic carbocycles. The predicted octanol–water partition coefficient (Wildman–Crippen LogP) is 12.9. The Morgan fingerprint density at radius 1 is 0.436 bits per heavy atom. The minimum atomic E-state index is 0.0391. The van der Waals surface area contributed by atoms with E-state index >= 15 is 0 Å². The maximum absolute atomic E-state index is 5.54. The number of hydrogen-bond donors (Lipinski definition) is 2. The molecule has 5 nitrogen and oxygen atoms in total. The van der Waals surface area contributed by atoms with Crippen LogP contribution in [0.15, 0.2) is 127 Å². The van der Waals surface area contributed by atoms with E-state index in [-0.39, 0.29) is 5.41 Å². The van der Waals surface area contributed by atoms with Gasteiger partial charge < -0.3 is 14.7 Å². The van der Waals surface area contributed by atoms with Crippen LogP contribution in [-0.2, 0) is 5.41 Å². The number of fused-ring (bicyclic) bond motifs is 8. The van der Waals surface area contributed by atoms with Crippen LogP contribution in [-0.4, -0.2) is 27.0 Å². The summed E-state index contributed by atoms with van der Waals surface area (Å²) in [6, 6.07) is 45.0. The van der Waals surface area contributed by atoms with E-state index in [1.54, 1.807) is 7.11 Å². The van der Waals surface area contributed by atoms with E-state index in [1.807, 2.05) is 12.1 Å². The van der Waals surface area contributed by atoms with E-state index in [1.165, 1.54) is 11.1 Å². The van der Waals surface area contributed by atoms with Crippen LogP contribution in [0.5, 0.6) is 5.75 Å². The largest absolute Gasteiger partial charge is 0.497 e. The monoisotopic (exact) mass is 714 g/mol. The molecule has 2 aliphatic heterocycles. The first-order valence-corrected chi connectivity index (χ1v) is 18.8. The summed E-state index contributed by atoms with van der Waals surface area (Å²) in [6.45, 7) is 8.87. The van der Waals surface area contributed by atoms with Crippen molar-refractivity contribution < 1.29 is 4.74 Å². The maximum atomic E-state index is 5.54. The first kappa shape index (κ1) is 34.1. The molecule has 0 radical (unpaired) electrons. The van der Waals surface area contributed by atoms with E-state index < -0.39 is 0 Å². The van der Waals surface area contributed by atoms with Crippen molar-refractivity contribution in [3.05, 3.63) is 161 Å². The molecule has 0 atom stereocenters. The Morgan fingerprint density at radius 2 is 0.800 bits per heavy atom. The zero-order chi connectivity index (χ0) is 37.7. The maximum Gasteiger partial charge on any atom is 0.118 e. The Balaban J connectivity index is 1.44. The minimum Gasteiger partial charge on any atom is -0.497 e. The van der Waals surface area contributed by atoms with Crippen LogP contribution >= 0.6 is 0 Å². The first-order chi connectivity index (χ1) is 26.7. The second kappa shape index (κ2) is 13.6. The number of aromatic amines is 2. The third-order valence-corrected chi connectivity index (χ3v) is 10.6. The molecule has 0 fully saturated rings. The molecule has 3 aromatic heterocycles. The quantitative estimate of drug-likeness (QED) is 0.186. The van der Waals surface area contributed by atoms with Crippen LogP contribution in [0, 0.1) is 6.92 Å². The Labute approximate surface area is 321 Å². The molecule has 0 saturated carbocycles. The molecule has 2 aliphatic rings. The number of nitrogens with zero attached hydrogens (tertiary/aromatic N) is 2. The Bertz CT molecular complexity index is 2790. The van der Waals surface area contributed by atoms with Crippen molar-refractivity contribution in [1.82, 2.24) is 19.9 Å². The lowest BCUT2D eigenvalue weighted by molar-refractivity contribution is 0.415. The van der Waals surface area contributed by atoms with Crippen molar-refractivity contribution in [2.75, 3.05) is 7.11 Å². The lowest BCUT2D eigenvalue weighted by Gasteiger charge is -2.19. The van der Waals surface area contributed by atoms with E-state index in [2.05, 4.69) is 177 Å². The highest BCUT2D eigenvalue weighted by Gasteiger charge is 2.20. The molecular formula is C50H42N4O. The van der Waals surface area contributed by atoms with Gasteiger partial charge in [-0.05, 0) is 101 Å². The number of benzene rings is 4. The van der Waals surface area contributed by atoms with Crippen LogP contribution in [0.2, 0.25) is 0 Å². The lowest BCUT2D eigenvalue weighted by atomic mass is 9.86. The van der Waals surface area contributed by atoms with Gasteiger partial charge in [0.25, 0.3) is 0 Å². The lowest BCUT2D eigenvalue weighted by Crippen LogP contribution is -2.10. The van der Waals surface area contributed by atoms with Crippen molar-refractivity contribution in [1.29, 1.82) is 0 Å². The highest BCUT2D eigenvalue weighted by Crippen LogP contribution is 2.39. The highest BCUT2D eigenvalue weighted by molar-refractivity contribution is 5.99. The van der Waals surface area contributed by atoms with Gasteiger partial charge in [0.05, 0.1) is 29.9 Å². The number of hydrogen-bond acceptors (Lipinski definition) is 3. The molecule has 8 bridgehead atoms. The number of ether oxygens (including phenoxy) is 1. The topological polar surface area (TPSA) is 66.6 Å². The third-order valence-electron chi connectivity index (χ3n) is 10.6. The molecule has 0 spiro atoms. The van der Waals surface area contributed by atoms with Gasteiger partial charge in [0.2, 0.25) is 0 Å². The number of aryl methyl sites for hydroxylation is 1. The molecule has 0 amide bonds. The molecule has 0 aliphatic carbocycles. The molecule has 9 rings (SSSR count). The van der Waals surface area contributed by atoms with Crippen LogP contribution in [0.4, 0.5) is 0 Å². The van der Waals surface area contributed by atoms with Crippen molar-refractivity contribution in [2.24, 2.45) is 0 Å². The van der Waals surface area contributed by atoms with Crippen LogP contribution < -0.4 is 4.74 Å². The summed E-state index contributed by atoms with van der Waals surface area (Å²) >= 11 is 0. The molecule has 5 heteroatoms. The van der Waals surface area contributed by atoms with Gasteiger partial charge >= 0.3 is 0 Å². The van der Waals surface area contributed by atoms with E-state index in [4.69, 9.17) is 14.7 Å². The van der Waals surface area contributed by atoms with Crippen LogP contribution in [0.25, 0.3) is 90.9 Å². The summed E-state index contributed by atoms with van der Waals surface area (Å²) in [4.78, 5) is 18.5. The first-order valence-electron chi connectivity index (χ1n) is 18.8.